The Bertz CT molecular complexity index is 997. The van der Waals surface area contributed by atoms with Crippen molar-refractivity contribution in [2.24, 2.45) is 7.05 Å². The molecule has 0 aliphatic carbocycles. The van der Waals surface area contributed by atoms with Gasteiger partial charge in [0.05, 0.1) is 23.6 Å². The first-order valence-corrected chi connectivity index (χ1v) is 7.19. The zero-order chi connectivity index (χ0) is 15.8. The van der Waals surface area contributed by atoms with Gasteiger partial charge in [-0.1, -0.05) is 30.3 Å². The van der Waals surface area contributed by atoms with Crippen molar-refractivity contribution in [2.75, 3.05) is 5.73 Å². The number of fused-ring (bicyclic) bond motifs is 1. The Balaban J connectivity index is 0.00000113. The summed E-state index contributed by atoms with van der Waals surface area (Å²) in [7, 11) is 1.93. The molecule has 2 N–H and O–H groups in total. The first kappa shape index (κ1) is 18.7. The molecule has 0 aliphatic heterocycles. The SMILES string of the molecule is Cn1c(-c2nc(-c3ccccc3)cnc2N)nc2cnccc21.[CH3-].[Rh]. The van der Waals surface area contributed by atoms with Gasteiger partial charge >= 0.3 is 0 Å². The smallest absolute Gasteiger partial charge is 0.163 e. The van der Waals surface area contributed by atoms with Gasteiger partial charge in [-0.05, 0) is 6.07 Å². The number of benzene rings is 1. The van der Waals surface area contributed by atoms with Crippen LogP contribution in [-0.4, -0.2) is 24.5 Å². The van der Waals surface area contributed by atoms with Crippen LogP contribution in [0.2, 0.25) is 0 Å². The average molecular weight is 420 g/mol. The molecule has 0 saturated heterocycles. The average Bonchev–Trinajstić information content (AvgIpc) is 2.93. The van der Waals surface area contributed by atoms with Crippen LogP contribution in [0.4, 0.5) is 5.82 Å². The summed E-state index contributed by atoms with van der Waals surface area (Å²) in [5.74, 6) is 1.03. The van der Waals surface area contributed by atoms with E-state index in [-0.39, 0.29) is 26.9 Å². The Morgan fingerprint density at radius 1 is 1.00 bits per heavy atom. The molecule has 3 heterocycles. The van der Waals surface area contributed by atoms with E-state index in [4.69, 9.17) is 5.73 Å². The third-order valence-electron chi connectivity index (χ3n) is 3.77. The van der Waals surface area contributed by atoms with Crippen LogP contribution >= 0.6 is 0 Å². The monoisotopic (exact) mass is 420 g/mol. The van der Waals surface area contributed by atoms with Crippen LogP contribution in [0.25, 0.3) is 33.8 Å². The van der Waals surface area contributed by atoms with E-state index in [1.807, 2.05) is 48.0 Å². The first-order chi connectivity index (χ1) is 11.2. The molecule has 4 rings (SSSR count). The van der Waals surface area contributed by atoms with E-state index in [1.165, 1.54) is 0 Å². The number of anilines is 1. The maximum atomic E-state index is 6.05. The number of aromatic nitrogens is 5. The Morgan fingerprint density at radius 2 is 1.76 bits per heavy atom. The van der Waals surface area contributed by atoms with Crippen LogP contribution in [0.3, 0.4) is 0 Å². The second kappa shape index (κ2) is 7.49. The fraction of sp³-hybridized carbons (Fsp3) is 0.0556. The molecule has 0 amide bonds. The fourth-order valence-electron chi connectivity index (χ4n) is 2.57. The van der Waals surface area contributed by atoms with Gasteiger partial charge in [-0.2, -0.15) is 0 Å². The number of nitrogens with zero attached hydrogens (tertiary/aromatic N) is 5. The molecule has 129 valence electrons. The van der Waals surface area contributed by atoms with Crippen molar-refractivity contribution in [1.29, 1.82) is 0 Å². The third-order valence-corrected chi connectivity index (χ3v) is 3.77. The van der Waals surface area contributed by atoms with E-state index in [9.17, 15) is 0 Å². The van der Waals surface area contributed by atoms with E-state index < -0.39 is 0 Å². The van der Waals surface area contributed by atoms with Crippen LogP contribution in [0.15, 0.2) is 55.0 Å². The predicted molar refractivity (Wildman–Crippen MR) is 95.8 cm³/mol. The number of nitrogen functional groups attached to an aromatic ring is 1. The van der Waals surface area contributed by atoms with Gasteiger partial charge in [0.25, 0.3) is 0 Å². The summed E-state index contributed by atoms with van der Waals surface area (Å²) in [6, 6.07) is 11.8. The van der Waals surface area contributed by atoms with E-state index in [1.54, 1.807) is 18.6 Å². The summed E-state index contributed by atoms with van der Waals surface area (Å²) in [4.78, 5) is 17.7. The molecule has 0 aliphatic rings. The molecular weight excluding hydrogens is 403 g/mol. The zero-order valence-electron chi connectivity index (χ0n) is 13.8. The van der Waals surface area contributed by atoms with Crippen LogP contribution in [0.1, 0.15) is 0 Å². The zero-order valence-corrected chi connectivity index (χ0v) is 15.5. The van der Waals surface area contributed by atoms with Crippen molar-refractivity contribution in [3.63, 3.8) is 0 Å². The minimum absolute atomic E-state index is 0. The predicted octanol–water partition coefficient (Wildman–Crippen LogP) is 3.12. The number of imidazole rings is 1. The van der Waals surface area contributed by atoms with Crippen LogP contribution in [-0.2, 0) is 26.5 Å². The second-order valence-electron chi connectivity index (χ2n) is 5.21. The maximum absolute atomic E-state index is 6.05. The first-order valence-electron chi connectivity index (χ1n) is 7.19. The van der Waals surface area contributed by atoms with E-state index in [0.29, 0.717) is 17.3 Å². The van der Waals surface area contributed by atoms with Crippen LogP contribution in [0.5, 0.6) is 0 Å². The summed E-state index contributed by atoms with van der Waals surface area (Å²) in [6.07, 6.45) is 5.14. The van der Waals surface area contributed by atoms with Crippen molar-refractivity contribution < 1.29 is 19.5 Å². The summed E-state index contributed by atoms with van der Waals surface area (Å²) >= 11 is 0. The van der Waals surface area contributed by atoms with E-state index in [0.717, 1.165) is 22.3 Å². The quantitative estimate of drug-likeness (QED) is 0.398. The van der Waals surface area contributed by atoms with Gasteiger partial charge in [0.2, 0.25) is 0 Å². The number of pyridine rings is 1. The summed E-state index contributed by atoms with van der Waals surface area (Å²) < 4.78 is 1.95. The number of rotatable bonds is 2. The number of aryl methyl sites for hydroxylation is 1. The van der Waals surface area contributed by atoms with Gasteiger partial charge in [0, 0.05) is 38.3 Å². The Labute approximate surface area is 158 Å². The minimum atomic E-state index is 0. The molecule has 6 nitrogen and oxygen atoms in total. The third kappa shape index (κ3) is 3.28. The van der Waals surface area contributed by atoms with Crippen molar-refractivity contribution in [2.45, 2.75) is 0 Å². The van der Waals surface area contributed by atoms with Gasteiger partial charge in [-0.25, -0.2) is 15.0 Å². The van der Waals surface area contributed by atoms with Crippen LogP contribution in [0, 0.1) is 7.43 Å². The molecule has 0 atom stereocenters. The van der Waals surface area contributed by atoms with Gasteiger partial charge in [0.1, 0.15) is 11.2 Å². The fourth-order valence-corrected chi connectivity index (χ4v) is 2.57. The number of nitrogens with two attached hydrogens (primary N) is 1. The van der Waals surface area contributed by atoms with Crippen molar-refractivity contribution in [1.82, 2.24) is 24.5 Å². The van der Waals surface area contributed by atoms with Crippen molar-refractivity contribution in [3.8, 4) is 22.8 Å². The molecule has 1 radical (unpaired) electrons. The van der Waals surface area contributed by atoms with E-state index in [2.05, 4.69) is 19.9 Å². The van der Waals surface area contributed by atoms with Gasteiger partial charge in [0.15, 0.2) is 11.6 Å². The molecule has 0 unspecified atom stereocenters. The molecule has 0 saturated carbocycles. The molecule has 1 aromatic carbocycles. The summed E-state index contributed by atoms with van der Waals surface area (Å²) in [6.45, 7) is 0. The molecule has 3 aromatic heterocycles. The topological polar surface area (TPSA) is 82.5 Å². The van der Waals surface area contributed by atoms with Gasteiger partial charge < -0.3 is 17.7 Å². The Kier molecular flexibility index (Phi) is 5.60. The molecular formula is C18H17N6Rh-. The molecule has 0 bridgehead atoms. The molecule has 4 aromatic rings. The van der Waals surface area contributed by atoms with Gasteiger partial charge in [-0.15, -0.1) is 0 Å². The van der Waals surface area contributed by atoms with Gasteiger partial charge in [-0.3, -0.25) is 4.98 Å². The minimum Gasteiger partial charge on any atom is -0.382 e. The second-order valence-corrected chi connectivity index (χ2v) is 5.21. The van der Waals surface area contributed by atoms with E-state index >= 15 is 0 Å². The molecule has 7 heteroatoms. The normalized spacial score (nSPS) is 10.1. The number of hydrogen-bond acceptors (Lipinski definition) is 5. The van der Waals surface area contributed by atoms with Crippen LogP contribution < -0.4 is 5.73 Å². The molecule has 0 spiro atoms. The largest absolute Gasteiger partial charge is 0.382 e. The van der Waals surface area contributed by atoms with Crippen molar-refractivity contribution >= 4 is 16.9 Å². The number of hydrogen-bond donors (Lipinski definition) is 1. The maximum Gasteiger partial charge on any atom is 0.163 e. The van der Waals surface area contributed by atoms with Crippen molar-refractivity contribution in [3.05, 3.63) is 62.4 Å². The molecule has 0 fully saturated rings. The Morgan fingerprint density at radius 3 is 2.48 bits per heavy atom. The standard InChI is InChI=1S/C17H14N6.CH3.Rh/c1-23-14-7-8-19-9-13(14)22-17(23)15-16(18)20-10-12(21-15)11-5-3-2-4-6-11;;/h2-10H,1H3,(H2,18,20);1H3;/q;-1;. The molecule has 25 heavy (non-hydrogen) atoms. The Hall–Kier alpha value is -2.66. The summed E-state index contributed by atoms with van der Waals surface area (Å²) in [5, 5.41) is 0. The summed E-state index contributed by atoms with van der Waals surface area (Å²) in [5.41, 5.74) is 10.1.